The first-order valence-electron chi connectivity index (χ1n) is 4.18. The number of anilines is 1. The number of hydrogen-bond donors (Lipinski definition) is 1. The van der Waals surface area contributed by atoms with Crippen LogP contribution in [0, 0.1) is 2.88 Å². The van der Waals surface area contributed by atoms with Crippen LogP contribution in [-0.4, -0.2) is 15.9 Å². The van der Waals surface area contributed by atoms with Crippen LogP contribution in [0.2, 0.25) is 5.15 Å². The topological polar surface area (TPSA) is 54.9 Å². The molecule has 0 saturated heterocycles. The Bertz CT molecular complexity index is 514. The third-order valence-corrected chi connectivity index (χ3v) is 3.68. The molecule has 82 valence electrons. The standard InChI is InChI=1S/C9H5ClIN3OS/c10-6-2-13-8(3-12-6)14-9(15)5-1-7(11)16-4-5/h1-4H,(H,13,14,15). The van der Waals surface area contributed by atoms with E-state index in [4.69, 9.17) is 11.6 Å². The van der Waals surface area contributed by atoms with E-state index in [9.17, 15) is 4.79 Å². The minimum Gasteiger partial charge on any atom is -0.305 e. The molecule has 2 aromatic heterocycles. The van der Waals surface area contributed by atoms with Crippen LogP contribution in [-0.2, 0) is 0 Å². The summed E-state index contributed by atoms with van der Waals surface area (Å²) in [5, 5.41) is 4.72. The molecule has 0 saturated carbocycles. The Balaban J connectivity index is 2.10. The third kappa shape index (κ3) is 2.89. The summed E-state index contributed by atoms with van der Waals surface area (Å²) in [5.74, 6) is 0.186. The van der Waals surface area contributed by atoms with Crippen molar-refractivity contribution in [2.24, 2.45) is 0 Å². The fraction of sp³-hybridized carbons (Fsp3) is 0. The molecule has 2 aromatic rings. The molecule has 0 unspecified atom stereocenters. The summed E-state index contributed by atoms with van der Waals surface area (Å²) in [6.45, 7) is 0. The van der Waals surface area contributed by atoms with Crippen molar-refractivity contribution in [3.63, 3.8) is 0 Å². The predicted octanol–water partition coefficient (Wildman–Crippen LogP) is 3.05. The molecule has 0 aromatic carbocycles. The van der Waals surface area contributed by atoms with E-state index in [1.165, 1.54) is 23.7 Å². The van der Waals surface area contributed by atoms with Gasteiger partial charge in [0.2, 0.25) is 0 Å². The lowest BCUT2D eigenvalue weighted by Crippen LogP contribution is -2.12. The molecule has 0 atom stereocenters. The molecule has 1 N–H and O–H groups in total. The van der Waals surface area contributed by atoms with Crippen LogP contribution in [0.3, 0.4) is 0 Å². The zero-order chi connectivity index (χ0) is 11.5. The maximum atomic E-state index is 11.7. The first-order chi connectivity index (χ1) is 7.65. The average Bonchev–Trinajstić information content (AvgIpc) is 2.68. The molecule has 0 aliphatic heterocycles. The lowest BCUT2D eigenvalue weighted by Gasteiger charge is -2.01. The second kappa shape index (κ2) is 5.07. The van der Waals surface area contributed by atoms with Gasteiger partial charge in [0.15, 0.2) is 5.82 Å². The number of halogens is 2. The second-order valence-electron chi connectivity index (χ2n) is 2.82. The molecular weight excluding hydrogens is 361 g/mol. The van der Waals surface area contributed by atoms with Gasteiger partial charge in [-0.05, 0) is 28.7 Å². The van der Waals surface area contributed by atoms with E-state index in [1.54, 1.807) is 5.38 Å². The summed E-state index contributed by atoms with van der Waals surface area (Å²) in [7, 11) is 0. The molecule has 0 aliphatic rings. The zero-order valence-corrected chi connectivity index (χ0v) is 11.5. The van der Waals surface area contributed by atoms with Gasteiger partial charge in [-0.2, -0.15) is 0 Å². The predicted molar refractivity (Wildman–Crippen MR) is 72.0 cm³/mol. The Hall–Kier alpha value is -0.730. The molecule has 0 fully saturated rings. The van der Waals surface area contributed by atoms with Crippen molar-refractivity contribution in [3.8, 4) is 0 Å². The highest BCUT2D eigenvalue weighted by Gasteiger charge is 2.08. The molecule has 0 bridgehead atoms. The number of carbonyl (C=O) groups is 1. The van der Waals surface area contributed by atoms with Crippen LogP contribution in [0.25, 0.3) is 0 Å². The van der Waals surface area contributed by atoms with E-state index in [-0.39, 0.29) is 5.91 Å². The fourth-order valence-electron chi connectivity index (χ4n) is 0.994. The van der Waals surface area contributed by atoms with Crippen LogP contribution < -0.4 is 5.32 Å². The molecule has 2 rings (SSSR count). The van der Waals surface area contributed by atoms with Crippen LogP contribution in [0.4, 0.5) is 5.82 Å². The highest BCUT2D eigenvalue weighted by molar-refractivity contribution is 14.1. The SMILES string of the molecule is O=C(Nc1cnc(Cl)cn1)c1csc(I)c1. The van der Waals surface area contributed by atoms with Gasteiger partial charge in [-0.3, -0.25) is 4.79 Å². The minimum absolute atomic E-state index is 0.198. The van der Waals surface area contributed by atoms with Crippen molar-refractivity contribution in [3.05, 3.63) is 37.4 Å². The Morgan fingerprint density at radius 3 is 2.81 bits per heavy atom. The lowest BCUT2D eigenvalue weighted by molar-refractivity contribution is 0.102. The summed E-state index contributed by atoms with van der Waals surface area (Å²) in [6, 6.07) is 1.81. The summed E-state index contributed by atoms with van der Waals surface area (Å²) >= 11 is 9.26. The quantitative estimate of drug-likeness (QED) is 0.832. The van der Waals surface area contributed by atoms with Gasteiger partial charge < -0.3 is 5.32 Å². The first-order valence-corrected chi connectivity index (χ1v) is 6.52. The number of nitrogens with zero attached hydrogens (tertiary/aromatic N) is 2. The summed E-state index contributed by atoms with van der Waals surface area (Å²) < 4.78 is 1.06. The van der Waals surface area contributed by atoms with Crippen LogP contribution in [0.5, 0.6) is 0 Å². The molecule has 7 heteroatoms. The summed E-state index contributed by atoms with van der Waals surface area (Å²) in [4.78, 5) is 19.4. The fourth-order valence-corrected chi connectivity index (χ4v) is 2.42. The highest BCUT2D eigenvalue weighted by Crippen LogP contribution is 2.17. The molecule has 4 nitrogen and oxygen atoms in total. The van der Waals surface area contributed by atoms with Gasteiger partial charge in [-0.1, -0.05) is 11.6 Å². The first kappa shape index (κ1) is 11.7. The van der Waals surface area contributed by atoms with Crippen molar-refractivity contribution in [1.29, 1.82) is 0 Å². The van der Waals surface area contributed by atoms with Gasteiger partial charge in [-0.25, -0.2) is 9.97 Å². The Labute approximate surface area is 114 Å². The van der Waals surface area contributed by atoms with E-state index >= 15 is 0 Å². The summed E-state index contributed by atoms with van der Waals surface area (Å²) in [6.07, 6.45) is 2.80. The van der Waals surface area contributed by atoms with Crippen molar-refractivity contribution in [1.82, 2.24) is 9.97 Å². The smallest absolute Gasteiger partial charge is 0.257 e. The third-order valence-electron chi connectivity index (χ3n) is 1.69. The molecule has 0 aliphatic carbocycles. The van der Waals surface area contributed by atoms with Crippen molar-refractivity contribution < 1.29 is 4.79 Å². The van der Waals surface area contributed by atoms with E-state index in [1.807, 2.05) is 6.07 Å². The average molecular weight is 366 g/mol. The van der Waals surface area contributed by atoms with Gasteiger partial charge >= 0.3 is 0 Å². The molecule has 16 heavy (non-hydrogen) atoms. The number of nitrogens with one attached hydrogen (secondary N) is 1. The van der Waals surface area contributed by atoms with Crippen LogP contribution in [0.1, 0.15) is 10.4 Å². The van der Waals surface area contributed by atoms with Gasteiger partial charge in [0.25, 0.3) is 5.91 Å². The number of carbonyl (C=O) groups excluding carboxylic acids is 1. The number of thiophene rings is 1. The molecule has 2 heterocycles. The van der Waals surface area contributed by atoms with Gasteiger partial charge in [0, 0.05) is 5.38 Å². The minimum atomic E-state index is -0.198. The largest absolute Gasteiger partial charge is 0.305 e. The molecule has 0 spiro atoms. The summed E-state index contributed by atoms with van der Waals surface area (Å²) in [5.41, 5.74) is 0.617. The van der Waals surface area contributed by atoms with Crippen LogP contribution in [0.15, 0.2) is 23.8 Å². The number of hydrogen-bond acceptors (Lipinski definition) is 4. The van der Waals surface area contributed by atoms with E-state index in [0.29, 0.717) is 16.5 Å². The van der Waals surface area contributed by atoms with Gasteiger partial charge in [0.05, 0.1) is 20.8 Å². The Morgan fingerprint density at radius 1 is 1.44 bits per heavy atom. The monoisotopic (exact) mass is 365 g/mol. The molecule has 0 radical (unpaired) electrons. The number of amides is 1. The van der Waals surface area contributed by atoms with E-state index in [0.717, 1.165) is 2.88 Å². The molecular formula is C9H5ClIN3OS. The maximum Gasteiger partial charge on any atom is 0.257 e. The Kier molecular flexibility index (Phi) is 3.72. The van der Waals surface area contributed by atoms with Crippen molar-refractivity contribution >= 4 is 57.3 Å². The van der Waals surface area contributed by atoms with Gasteiger partial charge in [-0.15, -0.1) is 11.3 Å². The Morgan fingerprint density at radius 2 is 2.25 bits per heavy atom. The number of rotatable bonds is 2. The van der Waals surface area contributed by atoms with Crippen molar-refractivity contribution in [2.45, 2.75) is 0 Å². The zero-order valence-electron chi connectivity index (χ0n) is 7.78. The number of aromatic nitrogens is 2. The second-order valence-corrected chi connectivity index (χ2v) is 6.01. The maximum absolute atomic E-state index is 11.7. The normalized spacial score (nSPS) is 10.1. The van der Waals surface area contributed by atoms with E-state index < -0.39 is 0 Å². The molecule has 1 amide bonds. The van der Waals surface area contributed by atoms with Crippen LogP contribution >= 0.6 is 45.5 Å². The van der Waals surface area contributed by atoms with E-state index in [2.05, 4.69) is 37.9 Å². The highest BCUT2D eigenvalue weighted by atomic mass is 127. The van der Waals surface area contributed by atoms with Crippen molar-refractivity contribution in [2.75, 3.05) is 5.32 Å². The van der Waals surface area contributed by atoms with Gasteiger partial charge in [0.1, 0.15) is 5.15 Å². The lowest BCUT2D eigenvalue weighted by atomic mass is 10.3.